The number of hydrogen-bond donors (Lipinski definition) is 2. The molecule has 6 nitrogen and oxygen atoms in total. The van der Waals surface area contributed by atoms with Crippen molar-refractivity contribution in [2.45, 2.75) is 6.92 Å². The summed E-state index contributed by atoms with van der Waals surface area (Å²) in [6, 6.07) is 8.95. The molecule has 1 aromatic carbocycles. The highest BCUT2D eigenvalue weighted by atomic mass is 16.5. The molecule has 0 unspecified atom stereocenters. The van der Waals surface area contributed by atoms with E-state index >= 15 is 0 Å². The largest absolute Gasteiger partial charge is 0.399 e. The van der Waals surface area contributed by atoms with Crippen LogP contribution in [0.5, 0.6) is 0 Å². The Morgan fingerprint density at radius 2 is 2.11 bits per heavy atom. The second-order valence-electron chi connectivity index (χ2n) is 3.91. The first-order valence-corrected chi connectivity index (χ1v) is 5.98. The normalized spacial score (nSPS) is 10.4. The number of ether oxygens (including phenoxy) is 1. The maximum Gasteiger partial charge on any atom is 0.251 e. The van der Waals surface area contributed by atoms with E-state index in [1.165, 1.54) is 0 Å². The SMILES string of the molecule is CCOCC(=O)Nc1ccnn1-c1ccc(N)cc1. The average Bonchev–Trinajstić information content (AvgIpc) is 2.85. The molecule has 6 heteroatoms. The zero-order chi connectivity index (χ0) is 13.7. The van der Waals surface area contributed by atoms with E-state index in [1.807, 2.05) is 19.1 Å². The van der Waals surface area contributed by atoms with Gasteiger partial charge in [0.05, 0.1) is 11.9 Å². The standard InChI is InChI=1S/C13H16N4O2/c1-2-19-9-13(18)16-12-7-8-15-17(12)11-5-3-10(14)4-6-11/h3-8H,2,9,14H2,1H3,(H,16,18). The van der Waals surface area contributed by atoms with Crippen molar-refractivity contribution in [3.8, 4) is 5.69 Å². The summed E-state index contributed by atoms with van der Waals surface area (Å²) in [5.74, 6) is 0.383. The van der Waals surface area contributed by atoms with Crippen molar-refractivity contribution in [2.24, 2.45) is 0 Å². The van der Waals surface area contributed by atoms with Gasteiger partial charge in [-0.1, -0.05) is 0 Å². The fourth-order valence-corrected chi connectivity index (χ4v) is 1.59. The Balaban J connectivity index is 2.13. The second-order valence-corrected chi connectivity index (χ2v) is 3.91. The van der Waals surface area contributed by atoms with Crippen LogP contribution in [-0.2, 0) is 9.53 Å². The number of nitrogens with two attached hydrogens (primary N) is 1. The molecule has 100 valence electrons. The first-order chi connectivity index (χ1) is 9.20. The van der Waals surface area contributed by atoms with Crippen LogP contribution in [0.2, 0.25) is 0 Å². The predicted molar refractivity (Wildman–Crippen MR) is 73.1 cm³/mol. The number of carbonyl (C=O) groups is 1. The van der Waals surface area contributed by atoms with Gasteiger partial charge in [-0.2, -0.15) is 5.10 Å². The van der Waals surface area contributed by atoms with Crippen LogP contribution in [0.1, 0.15) is 6.92 Å². The molecular weight excluding hydrogens is 244 g/mol. The summed E-state index contributed by atoms with van der Waals surface area (Å²) in [7, 11) is 0. The van der Waals surface area contributed by atoms with Crippen molar-refractivity contribution in [2.75, 3.05) is 24.3 Å². The molecule has 1 amide bonds. The van der Waals surface area contributed by atoms with E-state index in [0.717, 1.165) is 5.69 Å². The zero-order valence-electron chi connectivity index (χ0n) is 10.7. The summed E-state index contributed by atoms with van der Waals surface area (Å²) in [5.41, 5.74) is 7.14. The van der Waals surface area contributed by atoms with Crippen molar-refractivity contribution in [1.82, 2.24) is 9.78 Å². The van der Waals surface area contributed by atoms with E-state index in [4.69, 9.17) is 10.5 Å². The van der Waals surface area contributed by atoms with Crippen molar-refractivity contribution in [1.29, 1.82) is 0 Å². The summed E-state index contributed by atoms with van der Waals surface area (Å²) in [4.78, 5) is 11.6. The third kappa shape index (κ3) is 3.32. The van der Waals surface area contributed by atoms with E-state index in [2.05, 4.69) is 10.4 Å². The van der Waals surface area contributed by atoms with Gasteiger partial charge in [-0.15, -0.1) is 0 Å². The molecule has 0 saturated carbocycles. The molecule has 19 heavy (non-hydrogen) atoms. The molecule has 0 bridgehead atoms. The highest BCUT2D eigenvalue weighted by Crippen LogP contribution is 2.16. The van der Waals surface area contributed by atoms with E-state index in [0.29, 0.717) is 18.1 Å². The third-order valence-corrected chi connectivity index (χ3v) is 2.49. The lowest BCUT2D eigenvalue weighted by Crippen LogP contribution is -2.20. The Morgan fingerprint density at radius 3 is 2.79 bits per heavy atom. The van der Waals surface area contributed by atoms with Gasteiger partial charge in [0, 0.05) is 18.4 Å². The Bertz CT molecular complexity index is 548. The van der Waals surface area contributed by atoms with Crippen LogP contribution in [0, 0.1) is 0 Å². The van der Waals surface area contributed by atoms with Crippen LogP contribution < -0.4 is 11.1 Å². The van der Waals surface area contributed by atoms with Gasteiger partial charge >= 0.3 is 0 Å². The van der Waals surface area contributed by atoms with Crippen LogP contribution in [0.3, 0.4) is 0 Å². The van der Waals surface area contributed by atoms with E-state index in [1.54, 1.807) is 29.1 Å². The summed E-state index contributed by atoms with van der Waals surface area (Å²) in [6.45, 7) is 2.37. The number of aromatic nitrogens is 2. The number of hydrogen-bond acceptors (Lipinski definition) is 4. The molecule has 1 aromatic heterocycles. The number of nitrogens with zero attached hydrogens (tertiary/aromatic N) is 2. The van der Waals surface area contributed by atoms with Crippen LogP contribution in [0.15, 0.2) is 36.5 Å². The van der Waals surface area contributed by atoms with E-state index in [9.17, 15) is 4.79 Å². The summed E-state index contributed by atoms with van der Waals surface area (Å²) in [6.07, 6.45) is 1.62. The minimum absolute atomic E-state index is 0.0312. The highest BCUT2D eigenvalue weighted by Gasteiger charge is 2.08. The quantitative estimate of drug-likeness (QED) is 0.797. The van der Waals surface area contributed by atoms with Crippen molar-refractivity contribution < 1.29 is 9.53 Å². The lowest BCUT2D eigenvalue weighted by Gasteiger charge is -2.09. The van der Waals surface area contributed by atoms with Crippen molar-refractivity contribution in [3.63, 3.8) is 0 Å². The zero-order valence-corrected chi connectivity index (χ0v) is 10.7. The third-order valence-electron chi connectivity index (χ3n) is 2.49. The molecule has 0 spiro atoms. The van der Waals surface area contributed by atoms with Gasteiger partial charge < -0.3 is 15.8 Å². The Kier molecular flexibility index (Phi) is 4.15. The second kappa shape index (κ2) is 6.01. The van der Waals surface area contributed by atoms with Crippen molar-refractivity contribution >= 4 is 17.4 Å². The fourth-order valence-electron chi connectivity index (χ4n) is 1.59. The minimum Gasteiger partial charge on any atom is -0.399 e. The number of benzene rings is 1. The molecule has 0 aliphatic carbocycles. The summed E-state index contributed by atoms with van der Waals surface area (Å²) < 4.78 is 6.68. The van der Waals surface area contributed by atoms with Gasteiger partial charge in [0.25, 0.3) is 5.91 Å². The molecule has 0 aliphatic rings. The lowest BCUT2D eigenvalue weighted by molar-refractivity contribution is -0.120. The Hall–Kier alpha value is -2.34. The molecule has 1 heterocycles. The molecule has 0 radical (unpaired) electrons. The molecule has 3 N–H and O–H groups in total. The molecular formula is C13H16N4O2. The first-order valence-electron chi connectivity index (χ1n) is 5.98. The smallest absolute Gasteiger partial charge is 0.251 e. The van der Waals surface area contributed by atoms with Crippen LogP contribution in [0.25, 0.3) is 5.69 Å². The lowest BCUT2D eigenvalue weighted by atomic mass is 10.3. The van der Waals surface area contributed by atoms with Crippen LogP contribution in [-0.4, -0.2) is 28.9 Å². The van der Waals surface area contributed by atoms with Gasteiger partial charge in [-0.25, -0.2) is 4.68 Å². The Labute approximate surface area is 111 Å². The molecule has 0 atom stereocenters. The van der Waals surface area contributed by atoms with Gasteiger partial charge in [0.15, 0.2) is 0 Å². The van der Waals surface area contributed by atoms with Gasteiger partial charge in [-0.3, -0.25) is 4.79 Å². The molecule has 2 rings (SSSR count). The maximum absolute atomic E-state index is 11.6. The predicted octanol–water partition coefficient (Wildman–Crippen LogP) is 1.43. The van der Waals surface area contributed by atoms with Crippen LogP contribution in [0.4, 0.5) is 11.5 Å². The molecule has 0 saturated heterocycles. The number of carbonyl (C=O) groups excluding carboxylic acids is 1. The molecule has 2 aromatic rings. The summed E-state index contributed by atoms with van der Waals surface area (Å²) in [5, 5.41) is 6.91. The topological polar surface area (TPSA) is 82.2 Å². The fraction of sp³-hybridized carbons (Fsp3) is 0.231. The van der Waals surface area contributed by atoms with E-state index in [-0.39, 0.29) is 12.5 Å². The Morgan fingerprint density at radius 1 is 1.37 bits per heavy atom. The van der Waals surface area contributed by atoms with E-state index < -0.39 is 0 Å². The molecule has 0 aliphatic heterocycles. The minimum atomic E-state index is -0.209. The number of nitrogens with one attached hydrogen (secondary N) is 1. The van der Waals surface area contributed by atoms with Crippen LogP contribution >= 0.6 is 0 Å². The monoisotopic (exact) mass is 260 g/mol. The first kappa shape index (κ1) is 13.1. The number of rotatable bonds is 5. The van der Waals surface area contributed by atoms with Gasteiger partial charge in [0.2, 0.25) is 0 Å². The average molecular weight is 260 g/mol. The van der Waals surface area contributed by atoms with Gasteiger partial charge in [0.1, 0.15) is 12.4 Å². The number of nitrogen functional groups attached to an aromatic ring is 1. The maximum atomic E-state index is 11.6. The highest BCUT2D eigenvalue weighted by molar-refractivity contribution is 5.91. The summed E-state index contributed by atoms with van der Waals surface area (Å²) >= 11 is 0. The molecule has 0 fully saturated rings. The van der Waals surface area contributed by atoms with Crippen molar-refractivity contribution in [3.05, 3.63) is 36.5 Å². The number of amides is 1. The number of anilines is 2. The van der Waals surface area contributed by atoms with Gasteiger partial charge in [-0.05, 0) is 31.2 Å².